The molecule has 2 aliphatic heterocycles. The Balaban J connectivity index is 1.60. The van der Waals surface area contributed by atoms with Crippen molar-refractivity contribution < 1.29 is 64.2 Å². The van der Waals surface area contributed by atoms with Gasteiger partial charge in [0.15, 0.2) is 29.7 Å². The van der Waals surface area contributed by atoms with Crippen LogP contribution in [0.25, 0.3) is 22.3 Å². The lowest BCUT2D eigenvalue weighted by atomic mass is 9.99. The molecule has 2 aliphatic rings. The lowest BCUT2D eigenvalue weighted by Crippen LogP contribution is -2.61. The van der Waals surface area contributed by atoms with Crippen LogP contribution in [0.3, 0.4) is 0 Å². The highest BCUT2D eigenvalue weighted by Gasteiger charge is 2.47. The number of aliphatic hydroxyl groups is 4. The summed E-state index contributed by atoms with van der Waals surface area (Å²) < 4.78 is 28.6. The van der Waals surface area contributed by atoms with Crippen LogP contribution in [0.5, 0.6) is 28.7 Å². The molecule has 3 heterocycles. The summed E-state index contributed by atoms with van der Waals surface area (Å²) in [6.07, 6.45) is -10.9. The molecule has 216 valence electrons. The van der Waals surface area contributed by atoms with E-state index in [1.807, 2.05) is 0 Å². The van der Waals surface area contributed by atoms with E-state index >= 15 is 0 Å². The van der Waals surface area contributed by atoms with Crippen molar-refractivity contribution in [1.82, 2.24) is 0 Å². The lowest BCUT2D eigenvalue weighted by Gasteiger charge is -2.43. The molecule has 14 heteroatoms. The molecule has 14 nitrogen and oxygen atoms in total. The van der Waals surface area contributed by atoms with Gasteiger partial charge in [-0.15, -0.1) is 0 Å². The molecule has 8 atom stereocenters. The lowest BCUT2D eigenvalue weighted by molar-refractivity contribution is -0.323. The van der Waals surface area contributed by atoms with Gasteiger partial charge in [-0.05, 0) is 25.1 Å². The van der Waals surface area contributed by atoms with Gasteiger partial charge >= 0.3 is 0 Å². The molecule has 5 rings (SSSR count). The highest BCUT2D eigenvalue weighted by molar-refractivity contribution is 5.88. The van der Waals surface area contributed by atoms with Crippen LogP contribution in [0.1, 0.15) is 13.3 Å². The summed E-state index contributed by atoms with van der Waals surface area (Å²) >= 11 is 0. The van der Waals surface area contributed by atoms with Crippen molar-refractivity contribution in [2.24, 2.45) is 0 Å². The zero-order chi connectivity index (χ0) is 28.9. The number of hydrogen-bond donors (Lipinski definition) is 8. The Morgan fingerprint density at radius 3 is 2.35 bits per heavy atom. The first-order valence-electron chi connectivity index (χ1n) is 12.3. The number of phenols is 4. The van der Waals surface area contributed by atoms with E-state index in [1.165, 1.54) is 13.0 Å². The van der Waals surface area contributed by atoms with Gasteiger partial charge in [-0.2, -0.15) is 0 Å². The number of rotatable bonds is 5. The molecule has 40 heavy (non-hydrogen) atoms. The van der Waals surface area contributed by atoms with Gasteiger partial charge in [-0.3, -0.25) is 4.79 Å². The molecule has 0 bridgehead atoms. The third-order valence-electron chi connectivity index (χ3n) is 6.81. The standard InChI is InChI=1S/C26H28O14/c1-9-20(33)22(35)25(39-18-7-14(30)16(32)8-36-18)26(37-9)40-24-21(34)19-15(31)5-11(27)6-17(19)38-23(24)10-2-3-12(28)13(29)4-10/h2-6,9,14,16,18,20,22,25-33,35H,7-8H2,1H3. The molecule has 3 aromatic rings. The van der Waals surface area contributed by atoms with E-state index < -0.39 is 83.4 Å². The third kappa shape index (κ3) is 5.13. The van der Waals surface area contributed by atoms with Gasteiger partial charge in [-0.25, -0.2) is 0 Å². The maximum absolute atomic E-state index is 13.7. The summed E-state index contributed by atoms with van der Waals surface area (Å²) in [5.41, 5.74) is -1.12. The maximum Gasteiger partial charge on any atom is 0.239 e. The van der Waals surface area contributed by atoms with Crippen molar-refractivity contribution in [3.05, 3.63) is 40.6 Å². The fraction of sp³-hybridized carbons (Fsp3) is 0.423. The van der Waals surface area contributed by atoms with Gasteiger partial charge in [0.2, 0.25) is 17.5 Å². The number of aromatic hydroxyl groups is 4. The monoisotopic (exact) mass is 564 g/mol. The second-order valence-corrected chi connectivity index (χ2v) is 9.67. The van der Waals surface area contributed by atoms with Crippen LogP contribution in [0.2, 0.25) is 0 Å². The largest absolute Gasteiger partial charge is 0.508 e. The van der Waals surface area contributed by atoms with Crippen molar-refractivity contribution in [2.45, 2.75) is 62.5 Å². The first-order chi connectivity index (χ1) is 18.9. The molecule has 2 fully saturated rings. The molecule has 2 saturated heterocycles. The Morgan fingerprint density at radius 2 is 1.65 bits per heavy atom. The van der Waals surface area contributed by atoms with Crippen LogP contribution in [0, 0.1) is 0 Å². The summed E-state index contributed by atoms with van der Waals surface area (Å²) in [6, 6.07) is 5.50. The summed E-state index contributed by atoms with van der Waals surface area (Å²) in [4.78, 5) is 13.7. The summed E-state index contributed by atoms with van der Waals surface area (Å²) in [5, 5.41) is 80.8. The summed E-state index contributed by atoms with van der Waals surface area (Å²) in [7, 11) is 0. The molecule has 0 saturated carbocycles. The number of hydrogen-bond acceptors (Lipinski definition) is 14. The van der Waals surface area contributed by atoms with E-state index in [0.717, 1.165) is 24.3 Å². The van der Waals surface area contributed by atoms with E-state index in [1.54, 1.807) is 0 Å². The zero-order valence-corrected chi connectivity index (χ0v) is 20.9. The smallest absolute Gasteiger partial charge is 0.239 e. The van der Waals surface area contributed by atoms with Crippen LogP contribution in [-0.4, -0.2) is 96.7 Å². The van der Waals surface area contributed by atoms with Crippen LogP contribution in [0.15, 0.2) is 39.5 Å². The Hall–Kier alpha value is -3.63. The molecule has 0 spiro atoms. The van der Waals surface area contributed by atoms with Crippen LogP contribution >= 0.6 is 0 Å². The summed E-state index contributed by atoms with van der Waals surface area (Å²) in [5.74, 6) is -2.91. The first kappa shape index (κ1) is 27.9. The number of fused-ring (bicyclic) bond motifs is 1. The van der Waals surface area contributed by atoms with E-state index in [-0.39, 0.29) is 35.3 Å². The van der Waals surface area contributed by atoms with Gasteiger partial charge in [0.05, 0.1) is 18.8 Å². The van der Waals surface area contributed by atoms with Crippen molar-refractivity contribution in [2.75, 3.05) is 6.61 Å². The predicted octanol–water partition coefficient (Wildman–Crippen LogP) is -0.0188. The number of ether oxygens (including phenoxy) is 4. The van der Waals surface area contributed by atoms with Gasteiger partial charge in [0, 0.05) is 24.1 Å². The minimum atomic E-state index is -1.62. The predicted molar refractivity (Wildman–Crippen MR) is 133 cm³/mol. The van der Waals surface area contributed by atoms with Gasteiger partial charge < -0.3 is 64.2 Å². The minimum absolute atomic E-state index is 0.0433. The number of phenolic OH excluding ortho intramolecular Hbond substituents is 4. The molecule has 0 amide bonds. The van der Waals surface area contributed by atoms with E-state index in [4.69, 9.17) is 23.4 Å². The van der Waals surface area contributed by atoms with Crippen molar-refractivity contribution in [3.8, 4) is 40.1 Å². The minimum Gasteiger partial charge on any atom is -0.508 e. The molecule has 2 aromatic carbocycles. The van der Waals surface area contributed by atoms with E-state index in [9.17, 15) is 45.6 Å². The second-order valence-electron chi connectivity index (χ2n) is 9.67. The van der Waals surface area contributed by atoms with Gasteiger partial charge in [0.1, 0.15) is 40.8 Å². The second kappa shape index (κ2) is 10.7. The maximum atomic E-state index is 13.7. The Morgan fingerprint density at radius 1 is 0.900 bits per heavy atom. The van der Waals surface area contributed by atoms with Crippen molar-refractivity contribution in [1.29, 1.82) is 0 Å². The van der Waals surface area contributed by atoms with Crippen LogP contribution in [-0.2, 0) is 14.2 Å². The quantitative estimate of drug-likeness (QED) is 0.191. The zero-order valence-electron chi connectivity index (χ0n) is 20.9. The van der Waals surface area contributed by atoms with Gasteiger partial charge in [-0.1, -0.05) is 0 Å². The van der Waals surface area contributed by atoms with Crippen molar-refractivity contribution in [3.63, 3.8) is 0 Å². The third-order valence-corrected chi connectivity index (χ3v) is 6.81. The van der Waals surface area contributed by atoms with Gasteiger partial charge in [0.25, 0.3) is 0 Å². The molecule has 8 unspecified atom stereocenters. The van der Waals surface area contributed by atoms with Crippen LogP contribution < -0.4 is 10.2 Å². The fourth-order valence-electron chi connectivity index (χ4n) is 4.60. The normalized spacial score (nSPS) is 30.8. The molecule has 0 aliphatic carbocycles. The molecular formula is C26H28O14. The summed E-state index contributed by atoms with van der Waals surface area (Å²) in [6.45, 7) is 1.17. The van der Waals surface area contributed by atoms with Crippen molar-refractivity contribution >= 4 is 11.0 Å². The number of benzene rings is 2. The van der Waals surface area contributed by atoms with E-state index in [2.05, 4.69) is 0 Å². The average Bonchev–Trinajstić information content (AvgIpc) is 2.89. The Kier molecular flexibility index (Phi) is 7.50. The SMILES string of the molecule is CC1OC(Oc2c(-c3ccc(O)c(O)c3)oc3cc(O)cc(O)c3c2=O)C(OC2CC(O)C(O)CO2)C(O)C1O. The first-order valence-corrected chi connectivity index (χ1v) is 12.3. The topological polar surface area (TPSA) is 229 Å². The molecule has 1 aromatic heterocycles. The fourth-order valence-corrected chi connectivity index (χ4v) is 4.60. The molecule has 8 N–H and O–H groups in total. The average molecular weight is 564 g/mol. The highest BCUT2D eigenvalue weighted by atomic mass is 16.7. The van der Waals surface area contributed by atoms with Crippen LogP contribution in [0.4, 0.5) is 0 Å². The number of aliphatic hydroxyl groups excluding tert-OH is 4. The Labute approximate surface area is 225 Å². The molecular weight excluding hydrogens is 536 g/mol. The highest BCUT2D eigenvalue weighted by Crippen LogP contribution is 2.39. The Bertz CT molecular complexity index is 1450. The van der Waals surface area contributed by atoms with E-state index in [0.29, 0.717) is 0 Å². The molecule has 0 radical (unpaired) electrons.